The average Bonchev–Trinajstić information content (AvgIpc) is 2.90. The monoisotopic (exact) mass is 235 g/mol. The van der Waals surface area contributed by atoms with Crippen LogP contribution in [-0.4, -0.2) is 16.3 Å². The van der Waals surface area contributed by atoms with Gasteiger partial charge in [-0.3, -0.25) is 4.68 Å². The molecular formula is C12H17N3S. The van der Waals surface area contributed by atoms with Crippen molar-refractivity contribution >= 4 is 11.3 Å². The molecule has 1 N–H and O–H groups in total. The van der Waals surface area contributed by atoms with Crippen LogP contribution < -0.4 is 5.32 Å². The van der Waals surface area contributed by atoms with Crippen LogP contribution >= 0.6 is 11.3 Å². The predicted molar refractivity (Wildman–Crippen MR) is 67.6 cm³/mol. The molecule has 0 saturated heterocycles. The molecule has 0 fully saturated rings. The van der Waals surface area contributed by atoms with Crippen molar-refractivity contribution in [3.63, 3.8) is 0 Å². The molecule has 1 atom stereocenters. The molecule has 0 bridgehead atoms. The molecule has 2 heterocycles. The van der Waals surface area contributed by atoms with E-state index in [9.17, 15) is 0 Å². The van der Waals surface area contributed by atoms with E-state index in [1.807, 2.05) is 17.9 Å². The number of aryl methyl sites for hydroxylation is 1. The summed E-state index contributed by atoms with van der Waals surface area (Å²) in [5, 5.41) is 9.79. The van der Waals surface area contributed by atoms with Crippen LogP contribution in [0, 0.1) is 0 Å². The fourth-order valence-corrected chi connectivity index (χ4v) is 2.46. The van der Waals surface area contributed by atoms with Crippen LogP contribution in [0.1, 0.15) is 23.5 Å². The molecular weight excluding hydrogens is 218 g/mol. The van der Waals surface area contributed by atoms with Gasteiger partial charge in [0, 0.05) is 42.8 Å². The second kappa shape index (κ2) is 5.27. The van der Waals surface area contributed by atoms with Crippen LogP contribution in [0.2, 0.25) is 0 Å². The summed E-state index contributed by atoms with van der Waals surface area (Å²) in [6.07, 6.45) is 2.87. The Labute approximate surface area is 100 Å². The van der Waals surface area contributed by atoms with E-state index in [0.717, 1.165) is 13.0 Å². The lowest BCUT2D eigenvalue weighted by Gasteiger charge is -2.11. The Balaban J connectivity index is 1.78. The highest BCUT2D eigenvalue weighted by Crippen LogP contribution is 2.17. The Morgan fingerprint density at radius 2 is 2.38 bits per heavy atom. The zero-order chi connectivity index (χ0) is 11.4. The second-order valence-corrected chi connectivity index (χ2v) is 4.87. The Morgan fingerprint density at radius 1 is 1.50 bits per heavy atom. The number of aromatic nitrogens is 2. The van der Waals surface area contributed by atoms with Crippen LogP contribution in [-0.2, 0) is 13.5 Å². The number of thiophene rings is 1. The molecule has 4 heteroatoms. The van der Waals surface area contributed by atoms with Gasteiger partial charge in [0.1, 0.15) is 0 Å². The van der Waals surface area contributed by atoms with Gasteiger partial charge in [0.2, 0.25) is 0 Å². The van der Waals surface area contributed by atoms with Gasteiger partial charge in [0.05, 0.1) is 0 Å². The predicted octanol–water partition coefficient (Wildman–Crippen LogP) is 2.37. The molecule has 2 rings (SSSR count). The number of nitrogens with zero attached hydrogens (tertiary/aromatic N) is 2. The van der Waals surface area contributed by atoms with Crippen molar-refractivity contribution in [1.29, 1.82) is 0 Å². The van der Waals surface area contributed by atoms with Gasteiger partial charge in [0.15, 0.2) is 0 Å². The largest absolute Gasteiger partial charge is 0.309 e. The summed E-state index contributed by atoms with van der Waals surface area (Å²) in [6.45, 7) is 3.19. The molecule has 0 aromatic carbocycles. The smallest absolute Gasteiger partial charge is 0.0492 e. The Bertz CT molecular complexity index is 419. The van der Waals surface area contributed by atoms with Gasteiger partial charge < -0.3 is 5.32 Å². The third-order valence-corrected chi connectivity index (χ3v) is 3.78. The van der Waals surface area contributed by atoms with E-state index in [1.54, 1.807) is 11.3 Å². The molecule has 0 aliphatic carbocycles. The van der Waals surface area contributed by atoms with Crippen molar-refractivity contribution in [3.05, 3.63) is 40.3 Å². The van der Waals surface area contributed by atoms with Crippen LogP contribution in [0.3, 0.4) is 0 Å². The molecule has 86 valence electrons. The summed E-state index contributed by atoms with van der Waals surface area (Å²) in [4.78, 5) is 1.39. The molecule has 2 aromatic heterocycles. The fraction of sp³-hybridized carbons (Fsp3) is 0.417. The van der Waals surface area contributed by atoms with Crippen molar-refractivity contribution in [2.75, 3.05) is 6.54 Å². The van der Waals surface area contributed by atoms with E-state index < -0.39 is 0 Å². The quantitative estimate of drug-likeness (QED) is 0.862. The van der Waals surface area contributed by atoms with Gasteiger partial charge in [-0.25, -0.2) is 0 Å². The molecule has 16 heavy (non-hydrogen) atoms. The zero-order valence-corrected chi connectivity index (χ0v) is 10.5. The number of nitrogens with one attached hydrogen (secondary N) is 1. The van der Waals surface area contributed by atoms with Crippen LogP contribution in [0.15, 0.2) is 29.8 Å². The van der Waals surface area contributed by atoms with E-state index in [0.29, 0.717) is 6.04 Å². The summed E-state index contributed by atoms with van der Waals surface area (Å²) in [5.41, 5.74) is 1.27. The van der Waals surface area contributed by atoms with E-state index >= 15 is 0 Å². The van der Waals surface area contributed by atoms with Gasteiger partial charge in [-0.2, -0.15) is 5.10 Å². The highest BCUT2D eigenvalue weighted by atomic mass is 32.1. The lowest BCUT2D eigenvalue weighted by Crippen LogP contribution is -2.21. The van der Waals surface area contributed by atoms with E-state index in [-0.39, 0.29) is 0 Å². The van der Waals surface area contributed by atoms with Crippen LogP contribution in [0.25, 0.3) is 0 Å². The summed E-state index contributed by atoms with van der Waals surface area (Å²) in [6, 6.07) is 6.77. The average molecular weight is 235 g/mol. The number of hydrogen-bond donors (Lipinski definition) is 1. The standard InChI is InChI=1S/C12H17N3S/c1-10(12-4-3-9-16-12)13-7-5-11-6-8-14-15(11)2/h3-4,6,8-10,13H,5,7H2,1-2H3. The molecule has 0 aliphatic rings. The first-order valence-electron chi connectivity index (χ1n) is 5.51. The van der Waals surface area contributed by atoms with E-state index in [4.69, 9.17) is 0 Å². The zero-order valence-electron chi connectivity index (χ0n) is 9.68. The minimum Gasteiger partial charge on any atom is -0.309 e. The lowest BCUT2D eigenvalue weighted by molar-refractivity contribution is 0.570. The Kier molecular flexibility index (Phi) is 3.74. The van der Waals surface area contributed by atoms with Crippen LogP contribution in [0.4, 0.5) is 0 Å². The highest BCUT2D eigenvalue weighted by Gasteiger charge is 2.05. The third-order valence-electron chi connectivity index (χ3n) is 2.72. The minimum absolute atomic E-state index is 0.438. The molecule has 0 aliphatic heterocycles. The molecule has 3 nitrogen and oxygen atoms in total. The van der Waals surface area contributed by atoms with Crippen molar-refractivity contribution in [3.8, 4) is 0 Å². The second-order valence-electron chi connectivity index (χ2n) is 3.89. The fourth-order valence-electron chi connectivity index (χ4n) is 1.70. The normalized spacial score (nSPS) is 12.9. The van der Waals surface area contributed by atoms with Crippen molar-refractivity contribution < 1.29 is 0 Å². The molecule has 0 saturated carbocycles. The minimum atomic E-state index is 0.438. The molecule has 0 spiro atoms. The van der Waals surface area contributed by atoms with Gasteiger partial charge in [-0.1, -0.05) is 6.07 Å². The topological polar surface area (TPSA) is 29.9 Å². The summed E-state index contributed by atoms with van der Waals surface area (Å²) in [5.74, 6) is 0. The maximum atomic E-state index is 4.16. The first-order valence-corrected chi connectivity index (χ1v) is 6.39. The van der Waals surface area contributed by atoms with E-state index in [1.165, 1.54) is 10.6 Å². The summed E-state index contributed by atoms with van der Waals surface area (Å²) in [7, 11) is 1.98. The van der Waals surface area contributed by atoms with Gasteiger partial charge in [-0.05, 0) is 24.4 Å². The Hall–Kier alpha value is -1.13. The number of hydrogen-bond acceptors (Lipinski definition) is 3. The molecule has 1 unspecified atom stereocenters. The van der Waals surface area contributed by atoms with Crippen molar-refractivity contribution in [2.24, 2.45) is 7.05 Å². The van der Waals surface area contributed by atoms with Crippen molar-refractivity contribution in [2.45, 2.75) is 19.4 Å². The maximum Gasteiger partial charge on any atom is 0.0492 e. The van der Waals surface area contributed by atoms with Gasteiger partial charge in [-0.15, -0.1) is 11.3 Å². The molecule has 2 aromatic rings. The van der Waals surface area contributed by atoms with Crippen molar-refractivity contribution in [1.82, 2.24) is 15.1 Å². The maximum absolute atomic E-state index is 4.16. The van der Waals surface area contributed by atoms with Gasteiger partial charge >= 0.3 is 0 Å². The number of rotatable bonds is 5. The van der Waals surface area contributed by atoms with Gasteiger partial charge in [0.25, 0.3) is 0 Å². The molecule has 0 radical (unpaired) electrons. The SMILES string of the molecule is CC(NCCc1ccnn1C)c1cccs1. The first-order chi connectivity index (χ1) is 7.77. The summed E-state index contributed by atoms with van der Waals surface area (Å²) < 4.78 is 1.93. The van der Waals surface area contributed by atoms with E-state index in [2.05, 4.69) is 40.9 Å². The lowest BCUT2D eigenvalue weighted by atomic mass is 10.2. The third kappa shape index (κ3) is 2.71. The highest BCUT2D eigenvalue weighted by molar-refractivity contribution is 7.10. The van der Waals surface area contributed by atoms with Crippen LogP contribution in [0.5, 0.6) is 0 Å². The summed E-state index contributed by atoms with van der Waals surface area (Å²) >= 11 is 1.80. The Morgan fingerprint density at radius 3 is 3.00 bits per heavy atom. The molecule has 0 amide bonds. The first kappa shape index (κ1) is 11.4.